The van der Waals surface area contributed by atoms with Gasteiger partial charge in [-0.2, -0.15) is 0 Å². The van der Waals surface area contributed by atoms with Gasteiger partial charge in [-0.3, -0.25) is 0 Å². The second-order valence-electron chi connectivity index (χ2n) is 9.60. The van der Waals surface area contributed by atoms with Crippen molar-refractivity contribution >= 4 is 0 Å². The zero-order valence-corrected chi connectivity index (χ0v) is 18.1. The quantitative estimate of drug-likeness (QED) is 0.679. The first-order valence-electron chi connectivity index (χ1n) is 11.8. The van der Waals surface area contributed by atoms with E-state index in [2.05, 4.69) is 0 Å². The molecule has 5 aliphatic rings. The standard InChI is InChI=1S/C23H36O7/c1-25-14-8-9-18-23(16-24)20(29-22(30-23)12-6-3-7-13-22)19(27-18)17-15-26-21(28-17)10-4-2-5-11-21/h8,14,17-20,24H,2-7,9-13,15-16H2,1H3/b14-8+/t17-,18+,19+,20-,23+/m1/s1. The number of rotatable bonds is 5. The molecule has 0 aromatic carbocycles. The van der Waals surface area contributed by atoms with E-state index in [1.807, 2.05) is 6.08 Å². The maximum absolute atomic E-state index is 10.6. The summed E-state index contributed by atoms with van der Waals surface area (Å²) in [6, 6.07) is 0. The van der Waals surface area contributed by atoms with Crippen LogP contribution in [0.15, 0.2) is 12.3 Å². The van der Waals surface area contributed by atoms with Gasteiger partial charge in [-0.15, -0.1) is 0 Å². The molecule has 5 rings (SSSR count). The molecule has 7 nitrogen and oxygen atoms in total. The van der Waals surface area contributed by atoms with E-state index in [0.717, 1.165) is 51.4 Å². The van der Waals surface area contributed by atoms with Crippen LogP contribution in [0.1, 0.15) is 70.6 Å². The van der Waals surface area contributed by atoms with Crippen LogP contribution in [0.4, 0.5) is 0 Å². The van der Waals surface area contributed by atoms with E-state index in [9.17, 15) is 5.11 Å². The van der Waals surface area contributed by atoms with E-state index in [1.165, 1.54) is 12.8 Å². The number of aliphatic hydroxyl groups is 1. The van der Waals surface area contributed by atoms with Gasteiger partial charge in [0.2, 0.25) is 0 Å². The smallest absolute Gasteiger partial charge is 0.170 e. The molecular formula is C23H36O7. The van der Waals surface area contributed by atoms with Gasteiger partial charge in [-0.05, 0) is 38.2 Å². The van der Waals surface area contributed by atoms with Crippen LogP contribution in [0.3, 0.4) is 0 Å². The lowest BCUT2D eigenvalue weighted by molar-refractivity contribution is -0.252. The monoisotopic (exact) mass is 424 g/mol. The van der Waals surface area contributed by atoms with Crippen LogP contribution in [0.2, 0.25) is 0 Å². The molecule has 0 unspecified atom stereocenters. The van der Waals surface area contributed by atoms with Gasteiger partial charge in [0.1, 0.15) is 23.9 Å². The van der Waals surface area contributed by atoms with E-state index in [4.69, 9.17) is 28.4 Å². The maximum atomic E-state index is 10.6. The third kappa shape index (κ3) is 3.51. The molecule has 1 N–H and O–H groups in total. The summed E-state index contributed by atoms with van der Waals surface area (Å²) in [4.78, 5) is 0. The third-order valence-corrected chi connectivity index (χ3v) is 7.67. The van der Waals surface area contributed by atoms with Gasteiger partial charge in [-0.25, -0.2) is 0 Å². The normalized spacial score (nSPS) is 42.3. The second-order valence-corrected chi connectivity index (χ2v) is 9.60. The van der Waals surface area contributed by atoms with Gasteiger partial charge in [-0.1, -0.05) is 12.8 Å². The van der Waals surface area contributed by atoms with Crippen LogP contribution in [0, 0.1) is 0 Å². The molecule has 0 aromatic rings. The topological polar surface area (TPSA) is 75.6 Å². The Kier molecular flexibility index (Phi) is 5.88. The van der Waals surface area contributed by atoms with Crippen LogP contribution < -0.4 is 0 Å². The molecule has 2 spiro atoms. The first kappa shape index (κ1) is 21.2. The van der Waals surface area contributed by atoms with Gasteiger partial charge in [0, 0.05) is 25.7 Å². The van der Waals surface area contributed by atoms with E-state index in [1.54, 1.807) is 13.4 Å². The largest absolute Gasteiger partial charge is 0.505 e. The summed E-state index contributed by atoms with van der Waals surface area (Å²) in [5, 5.41) is 10.6. The van der Waals surface area contributed by atoms with Gasteiger partial charge < -0.3 is 33.5 Å². The summed E-state index contributed by atoms with van der Waals surface area (Å²) in [5.74, 6) is -1.08. The van der Waals surface area contributed by atoms with Gasteiger partial charge in [0.15, 0.2) is 11.6 Å². The Balaban J connectivity index is 1.40. The highest BCUT2D eigenvalue weighted by Gasteiger charge is 2.69. The lowest BCUT2D eigenvalue weighted by Gasteiger charge is -2.36. The third-order valence-electron chi connectivity index (χ3n) is 7.67. The van der Waals surface area contributed by atoms with Crippen LogP contribution >= 0.6 is 0 Å². The second kappa shape index (κ2) is 8.34. The Morgan fingerprint density at radius 1 is 0.967 bits per heavy atom. The molecule has 0 aromatic heterocycles. The van der Waals surface area contributed by atoms with E-state index >= 15 is 0 Å². The fourth-order valence-corrected chi connectivity index (χ4v) is 6.17. The van der Waals surface area contributed by atoms with Crippen molar-refractivity contribution in [2.45, 2.75) is 112 Å². The Morgan fingerprint density at radius 3 is 2.33 bits per heavy atom. The van der Waals surface area contributed by atoms with Gasteiger partial charge in [0.25, 0.3) is 0 Å². The zero-order valence-electron chi connectivity index (χ0n) is 18.1. The molecule has 3 saturated heterocycles. The predicted octanol–water partition coefficient (Wildman–Crippen LogP) is 3.19. The van der Waals surface area contributed by atoms with E-state index in [0.29, 0.717) is 13.0 Å². The molecule has 170 valence electrons. The number of methoxy groups -OCH3 is 1. The van der Waals surface area contributed by atoms with Crippen molar-refractivity contribution < 1.29 is 33.5 Å². The van der Waals surface area contributed by atoms with Crippen LogP contribution in [-0.4, -0.2) is 67.0 Å². The summed E-state index contributed by atoms with van der Waals surface area (Å²) >= 11 is 0. The molecule has 0 amide bonds. The fourth-order valence-electron chi connectivity index (χ4n) is 6.17. The number of hydrogen-bond donors (Lipinski definition) is 1. The molecule has 5 atom stereocenters. The summed E-state index contributed by atoms with van der Waals surface area (Å²) < 4.78 is 37.6. The van der Waals surface area contributed by atoms with Crippen molar-refractivity contribution in [2.75, 3.05) is 20.3 Å². The molecule has 3 heterocycles. The SMILES string of the molecule is CO/C=C/C[C@@H]1O[C@@H]([C@H]2COC3(CCCCC3)O2)[C@H]2OC3(CCCCC3)O[C@@]12CO. The van der Waals surface area contributed by atoms with Crippen molar-refractivity contribution in [3.63, 3.8) is 0 Å². The highest BCUT2D eigenvalue weighted by atomic mass is 16.8. The highest BCUT2D eigenvalue weighted by Crippen LogP contribution is 2.54. The minimum atomic E-state index is -0.883. The molecule has 5 fully saturated rings. The van der Waals surface area contributed by atoms with Crippen molar-refractivity contribution in [2.24, 2.45) is 0 Å². The average Bonchev–Trinajstić information content (AvgIpc) is 3.40. The Labute approximate surface area is 179 Å². The number of aliphatic hydroxyl groups excluding tert-OH is 1. The molecule has 3 aliphatic heterocycles. The Hall–Kier alpha value is -0.700. The maximum Gasteiger partial charge on any atom is 0.170 e. The number of ether oxygens (including phenoxy) is 6. The summed E-state index contributed by atoms with van der Waals surface area (Å²) in [7, 11) is 1.62. The molecule has 7 heteroatoms. The van der Waals surface area contributed by atoms with Crippen molar-refractivity contribution in [1.82, 2.24) is 0 Å². The molecular weight excluding hydrogens is 388 g/mol. The highest BCUT2D eigenvalue weighted by molar-refractivity contribution is 5.14. The zero-order chi connectivity index (χ0) is 20.7. The molecule has 30 heavy (non-hydrogen) atoms. The summed E-state index contributed by atoms with van der Waals surface area (Å²) in [5.41, 5.74) is -0.883. The minimum Gasteiger partial charge on any atom is -0.505 e. The van der Waals surface area contributed by atoms with Gasteiger partial charge in [0.05, 0.1) is 32.7 Å². The van der Waals surface area contributed by atoms with Crippen molar-refractivity contribution in [3.8, 4) is 0 Å². The van der Waals surface area contributed by atoms with Crippen LogP contribution in [0.5, 0.6) is 0 Å². The predicted molar refractivity (Wildman–Crippen MR) is 108 cm³/mol. The van der Waals surface area contributed by atoms with E-state index < -0.39 is 17.2 Å². The lowest BCUT2D eigenvalue weighted by Crippen LogP contribution is -2.51. The van der Waals surface area contributed by atoms with Crippen LogP contribution in [-0.2, 0) is 28.4 Å². The number of fused-ring (bicyclic) bond motifs is 1. The number of hydrogen-bond acceptors (Lipinski definition) is 7. The van der Waals surface area contributed by atoms with Crippen molar-refractivity contribution in [3.05, 3.63) is 12.3 Å². The fraction of sp³-hybridized carbons (Fsp3) is 0.913. The molecule has 0 bridgehead atoms. The van der Waals surface area contributed by atoms with Crippen LogP contribution in [0.25, 0.3) is 0 Å². The first-order chi connectivity index (χ1) is 14.6. The van der Waals surface area contributed by atoms with Gasteiger partial charge >= 0.3 is 0 Å². The Morgan fingerprint density at radius 2 is 1.67 bits per heavy atom. The molecule has 2 saturated carbocycles. The van der Waals surface area contributed by atoms with E-state index in [-0.39, 0.29) is 31.0 Å². The summed E-state index contributed by atoms with van der Waals surface area (Å²) in [6.07, 6.45) is 13.4. The summed E-state index contributed by atoms with van der Waals surface area (Å²) in [6.45, 7) is 0.361. The minimum absolute atomic E-state index is 0.139. The Bertz CT molecular complexity index is 625. The lowest BCUT2D eigenvalue weighted by atomic mass is 9.88. The molecule has 2 aliphatic carbocycles. The molecule has 0 radical (unpaired) electrons. The average molecular weight is 425 g/mol. The van der Waals surface area contributed by atoms with Crippen molar-refractivity contribution in [1.29, 1.82) is 0 Å². The first-order valence-corrected chi connectivity index (χ1v) is 11.8.